The summed E-state index contributed by atoms with van der Waals surface area (Å²) < 4.78 is 45.8. The zero-order chi connectivity index (χ0) is 24.7. The smallest absolute Gasteiger partial charge is 0.311 e. The van der Waals surface area contributed by atoms with Crippen molar-refractivity contribution in [2.45, 2.75) is 116 Å². The highest BCUT2D eigenvalue weighted by atomic mass is 32.2. The van der Waals surface area contributed by atoms with E-state index in [1.54, 1.807) is 6.92 Å². The molecular weight excluding hydrogens is 460 g/mol. The maximum Gasteiger partial charge on any atom is 0.311 e. The normalized spacial score (nSPS) is 19.2. The summed E-state index contributed by atoms with van der Waals surface area (Å²) in [5.41, 5.74) is 0. The third kappa shape index (κ3) is 15.9. The maximum absolute atomic E-state index is 12.6. The number of hydrogen-bond acceptors (Lipinski definition) is 7. The first-order valence-electron chi connectivity index (χ1n) is 12.8. The molecule has 0 spiro atoms. The minimum Gasteiger partial charge on any atom is -0.466 e. The summed E-state index contributed by atoms with van der Waals surface area (Å²) in [6.07, 6.45) is 11.8. The topological polar surface area (TPSA) is 88.1 Å². The molecule has 0 bridgehead atoms. The van der Waals surface area contributed by atoms with Crippen LogP contribution in [0.5, 0.6) is 0 Å². The van der Waals surface area contributed by atoms with E-state index in [1.165, 1.54) is 12.8 Å². The first-order chi connectivity index (χ1) is 15.5. The molecule has 0 radical (unpaired) electrons. The predicted molar refractivity (Wildman–Crippen MR) is 134 cm³/mol. The molecule has 9 heteroatoms. The van der Waals surface area contributed by atoms with Gasteiger partial charge in [0, 0.05) is 21.3 Å². The van der Waals surface area contributed by atoms with Crippen molar-refractivity contribution in [3.8, 4) is 0 Å². The summed E-state index contributed by atoms with van der Waals surface area (Å²) >= 11 is 0. The second kappa shape index (κ2) is 16.2. The van der Waals surface area contributed by atoms with E-state index in [-0.39, 0.29) is 18.9 Å². The third-order valence-electron chi connectivity index (χ3n) is 5.74. The summed E-state index contributed by atoms with van der Waals surface area (Å²) in [5.74, 6) is -0.867. The Morgan fingerprint density at radius 1 is 1.03 bits per heavy atom. The Morgan fingerprint density at radius 2 is 1.67 bits per heavy atom. The Kier molecular flexibility index (Phi) is 15.0. The van der Waals surface area contributed by atoms with E-state index < -0.39 is 30.2 Å². The summed E-state index contributed by atoms with van der Waals surface area (Å²) in [4.78, 5) is 12.6. The minimum atomic E-state index is -3.65. The van der Waals surface area contributed by atoms with Crippen LogP contribution in [0, 0.1) is 5.92 Å². The van der Waals surface area contributed by atoms with Gasteiger partial charge in [0.1, 0.15) is 0 Å². The summed E-state index contributed by atoms with van der Waals surface area (Å²) in [5, 5.41) is 0. The van der Waals surface area contributed by atoms with Crippen molar-refractivity contribution < 1.29 is 31.6 Å². The van der Waals surface area contributed by atoms with E-state index in [2.05, 4.69) is 19.6 Å². The van der Waals surface area contributed by atoms with Crippen LogP contribution in [-0.4, -0.2) is 60.9 Å². The lowest BCUT2D eigenvalue weighted by Gasteiger charge is -2.29. The molecule has 1 saturated heterocycles. The minimum absolute atomic E-state index is 0.000216. The van der Waals surface area contributed by atoms with Gasteiger partial charge in [-0.15, -0.1) is 0 Å². The predicted octanol–water partition coefficient (Wildman–Crippen LogP) is 5.51. The molecule has 3 atom stereocenters. The number of esters is 1. The molecule has 1 rings (SSSR count). The van der Waals surface area contributed by atoms with Crippen LogP contribution < -0.4 is 0 Å². The highest BCUT2D eigenvalue weighted by Crippen LogP contribution is 2.28. The molecule has 196 valence electrons. The van der Waals surface area contributed by atoms with Crippen LogP contribution in [0.1, 0.15) is 77.6 Å². The SMILES string of the molecule is CCOC(=O)C(C[Si](C)(C)C)C(CCCCCCCCCOC1CCCCO1)OS(C)(=O)=O. The molecule has 1 aliphatic heterocycles. The molecule has 0 aromatic heterocycles. The average Bonchev–Trinajstić information content (AvgIpc) is 2.72. The fraction of sp³-hybridized carbons (Fsp3) is 0.958. The van der Waals surface area contributed by atoms with Gasteiger partial charge in [0.2, 0.25) is 0 Å². The number of carbonyl (C=O) groups excluding carboxylic acids is 1. The summed E-state index contributed by atoms with van der Waals surface area (Å²) in [6, 6.07) is 0.653. The van der Waals surface area contributed by atoms with Gasteiger partial charge in [-0.3, -0.25) is 8.98 Å². The third-order valence-corrected chi connectivity index (χ3v) is 8.00. The molecule has 0 aromatic rings. The van der Waals surface area contributed by atoms with Gasteiger partial charge in [-0.25, -0.2) is 0 Å². The number of rotatable bonds is 18. The highest BCUT2D eigenvalue weighted by Gasteiger charge is 2.36. The average molecular weight is 509 g/mol. The molecule has 0 N–H and O–H groups in total. The van der Waals surface area contributed by atoms with Crippen LogP contribution in [0.2, 0.25) is 25.7 Å². The van der Waals surface area contributed by atoms with Crippen molar-refractivity contribution in [1.82, 2.24) is 0 Å². The largest absolute Gasteiger partial charge is 0.466 e. The molecule has 0 aliphatic carbocycles. The van der Waals surface area contributed by atoms with Crippen molar-refractivity contribution in [2.24, 2.45) is 5.92 Å². The molecule has 3 unspecified atom stereocenters. The molecule has 1 fully saturated rings. The Morgan fingerprint density at radius 3 is 2.21 bits per heavy atom. The van der Waals surface area contributed by atoms with Crippen LogP contribution in [0.4, 0.5) is 0 Å². The van der Waals surface area contributed by atoms with Crippen molar-refractivity contribution in [3.63, 3.8) is 0 Å². The lowest BCUT2D eigenvalue weighted by atomic mass is 9.98. The van der Waals surface area contributed by atoms with E-state index in [4.69, 9.17) is 18.4 Å². The van der Waals surface area contributed by atoms with Crippen molar-refractivity contribution in [3.05, 3.63) is 0 Å². The molecule has 7 nitrogen and oxygen atoms in total. The lowest BCUT2D eigenvalue weighted by Crippen LogP contribution is -2.39. The fourth-order valence-electron chi connectivity index (χ4n) is 4.21. The van der Waals surface area contributed by atoms with E-state index >= 15 is 0 Å². The fourth-order valence-corrected chi connectivity index (χ4v) is 6.63. The summed E-state index contributed by atoms with van der Waals surface area (Å²) in [6.45, 7) is 10.1. The maximum atomic E-state index is 12.6. The Hall–Kier alpha value is -0.483. The highest BCUT2D eigenvalue weighted by molar-refractivity contribution is 7.86. The van der Waals surface area contributed by atoms with Gasteiger partial charge in [-0.1, -0.05) is 58.2 Å². The Labute approximate surface area is 203 Å². The summed E-state index contributed by atoms with van der Waals surface area (Å²) in [7, 11) is -5.29. The number of ether oxygens (including phenoxy) is 3. The van der Waals surface area contributed by atoms with Crippen molar-refractivity contribution in [1.29, 1.82) is 0 Å². The van der Waals surface area contributed by atoms with Gasteiger partial charge >= 0.3 is 5.97 Å². The molecule has 1 aliphatic rings. The Bertz CT molecular complexity index is 627. The first kappa shape index (κ1) is 30.5. The standard InChI is InChI=1S/C24H48O7SSi/c1-6-28-24(25)21(20-33(3,4)5)22(31-32(2,26)27)16-12-10-8-7-9-11-14-18-29-23-17-13-15-19-30-23/h21-23H,6-20H2,1-5H3. The van der Waals surface area contributed by atoms with Gasteiger partial charge in [0.05, 0.1) is 24.9 Å². The molecule has 33 heavy (non-hydrogen) atoms. The van der Waals surface area contributed by atoms with E-state index in [0.29, 0.717) is 12.5 Å². The zero-order valence-corrected chi connectivity index (χ0v) is 23.4. The van der Waals surface area contributed by atoms with E-state index in [9.17, 15) is 13.2 Å². The number of hydrogen-bond donors (Lipinski definition) is 0. The molecule has 0 saturated carbocycles. The van der Waals surface area contributed by atoms with Gasteiger partial charge in [0.25, 0.3) is 10.1 Å². The number of carbonyl (C=O) groups is 1. The first-order valence-corrected chi connectivity index (χ1v) is 18.3. The monoisotopic (exact) mass is 508 g/mol. The second-order valence-electron chi connectivity index (χ2n) is 10.4. The second-order valence-corrected chi connectivity index (χ2v) is 17.5. The van der Waals surface area contributed by atoms with Crippen LogP contribution in [0.25, 0.3) is 0 Å². The van der Waals surface area contributed by atoms with Gasteiger partial charge in [0.15, 0.2) is 6.29 Å². The lowest BCUT2D eigenvalue weighted by molar-refractivity contribution is -0.162. The van der Waals surface area contributed by atoms with Gasteiger partial charge < -0.3 is 14.2 Å². The molecule has 0 aromatic carbocycles. The Balaban J connectivity index is 2.34. The van der Waals surface area contributed by atoms with Crippen LogP contribution in [0.15, 0.2) is 0 Å². The van der Waals surface area contributed by atoms with E-state index in [1.807, 2.05) is 0 Å². The molecule has 0 amide bonds. The molecular formula is C24H48O7SSi. The van der Waals surface area contributed by atoms with Gasteiger partial charge in [-0.05, 0) is 45.1 Å². The van der Waals surface area contributed by atoms with Crippen LogP contribution >= 0.6 is 0 Å². The van der Waals surface area contributed by atoms with E-state index in [0.717, 1.165) is 70.8 Å². The van der Waals surface area contributed by atoms with Crippen LogP contribution in [-0.2, 0) is 33.3 Å². The zero-order valence-electron chi connectivity index (χ0n) is 21.6. The van der Waals surface area contributed by atoms with Gasteiger partial charge in [-0.2, -0.15) is 8.42 Å². The van der Waals surface area contributed by atoms with Crippen LogP contribution in [0.3, 0.4) is 0 Å². The quantitative estimate of drug-likeness (QED) is 0.104. The molecule has 1 heterocycles. The van der Waals surface area contributed by atoms with Crippen molar-refractivity contribution in [2.75, 3.05) is 26.1 Å². The number of unbranched alkanes of at least 4 members (excludes halogenated alkanes) is 6. The van der Waals surface area contributed by atoms with Crippen molar-refractivity contribution >= 4 is 24.2 Å².